The summed E-state index contributed by atoms with van der Waals surface area (Å²) in [7, 11) is 0. The minimum absolute atomic E-state index is 1.00. The monoisotopic (exact) mass is 150 g/mol. The zero-order valence-electron chi connectivity index (χ0n) is 7.02. The quantitative estimate of drug-likeness (QED) is 0.498. The van der Waals surface area contributed by atoms with Gasteiger partial charge < -0.3 is 5.43 Å². The van der Waals surface area contributed by atoms with E-state index in [1.54, 1.807) is 0 Å². The molecule has 2 heteroatoms. The molecule has 0 saturated carbocycles. The number of nitrogens with one attached hydrogen (secondary N) is 1. The molecule has 1 rings (SSSR count). The molecule has 0 unspecified atom stereocenters. The summed E-state index contributed by atoms with van der Waals surface area (Å²) in [5.41, 5.74) is 6.20. The van der Waals surface area contributed by atoms with Crippen molar-refractivity contribution >= 4 is 5.69 Å². The minimum atomic E-state index is 1.00. The first-order valence-corrected chi connectivity index (χ1v) is 3.84. The highest BCUT2D eigenvalue weighted by Gasteiger charge is 1.95. The van der Waals surface area contributed by atoms with Crippen LogP contribution in [0.3, 0.4) is 0 Å². The number of aryl methyl sites for hydroxylation is 2. The van der Waals surface area contributed by atoms with Gasteiger partial charge in [-0.1, -0.05) is 19.1 Å². The van der Waals surface area contributed by atoms with Crippen LogP contribution in [0.2, 0.25) is 0 Å². The molecule has 0 bridgehead atoms. The Morgan fingerprint density at radius 2 is 2.18 bits per heavy atom. The zero-order chi connectivity index (χ0) is 8.27. The maximum atomic E-state index is 5.29. The maximum absolute atomic E-state index is 5.29. The van der Waals surface area contributed by atoms with Crippen molar-refractivity contribution < 1.29 is 0 Å². The average Bonchev–Trinajstić information content (AvgIpc) is 2.04. The Labute approximate surface area is 67.4 Å². The largest absolute Gasteiger partial charge is 0.324 e. The first kappa shape index (κ1) is 8.08. The van der Waals surface area contributed by atoms with E-state index >= 15 is 0 Å². The molecule has 0 aliphatic heterocycles. The van der Waals surface area contributed by atoms with Crippen LogP contribution in [-0.2, 0) is 6.42 Å². The molecule has 0 amide bonds. The molecule has 0 aromatic heterocycles. The van der Waals surface area contributed by atoms with Crippen molar-refractivity contribution in [3.8, 4) is 0 Å². The van der Waals surface area contributed by atoms with E-state index in [0.717, 1.165) is 12.1 Å². The Morgan fingerprint density at radius 1 is 1.45 bits per heavy atom. The fourth-order valence-corrected chi connectivity index (χ4v) is 1.11. The summed E-state index contributed by atoms with van der Waals surface area (Å²) in [5, 5.41) is 0. The standard InChI is InChI=1S/C9H14N2/c1-3-8-4-5-9(11-10)7(2)6-8/h4-6,11H,3,10H2,1-2H3. The van der Waals surface area contributed by atoms with E-state index in [2.05, 4.69) is 24.5 Å². The molecular weight excluding hydrogens is 136 g/mol. The van der Waals surface area contributed by atoms with E-state index in [1.807, 2.05) is 13.0 Å². The van der Waals surface area contributed by atoms with Crippen molar-refractivity contribution in [2.75, 3.05) is 5.43 Å². The lowest BCUT2D eigenvalue weighted by molar-refractivity contribution is 1.13. The Balaban J connectivity index is 2.99. The zero-order valence-corrected chi connectivity index (χ0v) is 7.02. The summed E-state index contributed by atoms with van der Waals surface area (Å²) < 4.78 is 0. The number of nitrogens with two attached hydrogens (primary N) is 1. The van der Waals surface area contributed by atoms with Gasteiger partial charge in [-0.2, -0.15) is 0 Å². The third-order valence-electron chi connectivity index (χ3n) is 1.85. The van der Waals surface area contributed by atoms with E-state index in [9.17, 15) is 0 Å². The van der Waals surface area contributed by atoms with Gasteiger partial charge in [0.2, 0.25) is 0 Å². The molecule has 2 nitrogen and oxygen atoms in total. The molecule has 60 valence electrons. The van der Waals surface area contributed by atoms with Gasteiger partial charge in [0.1, 0.15) is 0 Å². The second-order valence-corrected chi connectivity index (χ2v) is 2.65. The van der Waals surface area contributed by atoms with E-state index in [1.165, 1.54) is 11.1 Å². The smallest absolute Gasteiger partial charge is 0.0514 e. The molecule has 0 spiro atoms. The number of hydrazine groups is 1. The van der Waals surface area contributed by atoms with Gasteiger partial charge in [0, 0.05) is 0 Å². The molecule has 0 heterocycles. The highest BCUT2D eigenvalue weighted by atomic mass is 15.2. The number of hydrogen-bond acceptors (Lipinski definition) is 2. The third kappa shape index (κ3) is 1.71. The average molecular weight is 150 g/mol. The van der Waals surface area contributed by atoms with Gasteiger partial charge in [0.25, 0.3) is 0 Å². The first-order valence-electron chi connectivity index (χ1n) is 3.84. The van der Waals surface area contributed by atoms with Gasteiger partial charge >= 0.3 is 0 Å². The molecule has 0 radical (unpaired) electrons. The number of rotatable bonds is 2. The maximum Gasteiger partial charge on any atom is 0.0514 e. The van der Waals surface area contributed by atoms with Gasteiger partial charge in [-0.05, 0) is 30.5 Å². The molecule has 3 N–H and O–H groups in total. The lowest BCUT2D eigenvalue weighted by Gasteiger charge is -2.05. The topological polar surface area (TPSA) is 38.0 Å². The highest BCUT2D eigenvalue weighted by molar-refractivity contribution is 5.50. The Kier molecular flexibility index (Phi) is 2.49. The van der Waals surface area contributed by atoms with Crippen molar-refractivity contribution in [3.63, 3.8) is 0 Å². The first-order chi connectivity index (χ1) is 5.27. The van der Waals surface area contributed by atoms with Crippen molar-refractivity contribution in [2.24, 2.45) is 5.84 Å². The minimum Gasteiger partial charge on any atom is -0.324 e. The molecule has 0 saturated heterocycles. The summed E-state index contributed by atoms with van der Waals surface area (Å²) in [5.74, 6) is 5.29. The second-order valence-electron chi connectivity index (χ2n) is 2.65. The second kappa shape index (κ2) is 3.39. The van der Waals surface area contributed by atoms with Crippen LogP contribution in [0.4, 0.5) is 5.69 Å². The summed E-state index contributed by atoms with van der Waals surface area (Å²) >= 11 is 0. The van der Waals surface area contributed by atoms with Crippen LogP contribution >= 0.6 is 0 Å². The predicted molar refractivity (Wildman–Crippen MR) is 48.4 cm³/mol. The third-order valence-corrected chi connectivity index (χ3v) is 1.85. The number of nitrogen functional groups attached to an aromatic ring is 1. The molecule has 0 aliphatic carbocycles. The van der Waals surface area contributed by atoms with Crippen molar-refractivity contribution in [1.29, 1.82) is 0 Å². The fourth-order valence-electron chi connectivity index (χ4n) is 1.11. The Morgan fingerprint density at radius 3 is 2.64 bits per heavy atom. The summed E-state index contributed by atoms with van der Waals surface area (Å²) in [6, 6.07) is 6.24. The normalized spacial score (nSPS) is 9.73. The van der Waals surface area contributed by atoms with Crippen LogP contribution in [0.25, 0.3) is 0 Å². The molecular formula is C9H14N2. The predicted octanol–water partition coefficient (Wildman–Crippen LogP) is 1.84. The van der Waals surface area contributed by atoms with Crippen LogP contribution in [-0.4, -0.2) is 0 Å². The summed E-state index contributed by atoms with van der Waals surface area (Å²) in [4.78, 5) is 0. The lowest BCUT2D eigenvalue weighted by atomic mass is 10.1. The molecule has 0 fully saturated rings. The van der Waals surface area contributed by atoms with Crippen LogP contribution in [0.1, 0.15) is 18.1 Å². The number of benzene rings is 1. The van der Waals surface area contributed by atoms with Crippen molar-refractivity contribution in [1.82, 2.24) is 0 Å². The van der Waals surface area contributed by atoms with E-state index in [-0.39, 0.29) is 0 Å². The van der Waals surface area contributed by atoms with Crippen LogP contribution in [0, 0.1) is 6.92 Å². The van der Waals surface area contributed by atoms with E-state index in [4.69, 9.17) is 5.84 Å². The van der Waals surface area contributed by atoms with Gasteiger partial charge in [0.15, 0.2) is 0 Å². The number of hydrogen-bond donors (Lipinski definition) is 2. The van der Waals surface area contributed by atoms with Crippen LogP contribution in [0.5, 0.6) is 0 Å². The van der Waals surface area contributed by atoms with Crippen molar-refractivity contribution in [2.45, 2.75) is 20.3 Å². The lowest BCUT2D eigenvalue weighted by Crippen LogP contribution is -2.08. The van der Waals surface area contributed by atoms with E-state index in [0.29, 0.717) is 0 Å². The van der Waals surface area contributed by atoms with Crippen molar-refractivity contribution in [3.05, 3.63) is 29.3 Å². The molecule has 1 aromatic rings. The van der Waals surface area contributed by atoms with E-state index < -0.39 is 0 Å². The molecule has 0 atom stereocenters. The van der Waals surface area contributed by atoms with Gasteiger partial charge in [0.05, 0.1) is 5.69 Å². The Bertz CT molecular complexity index is 243. The summed E-state index contributed by atoms with van der Waals surface area (Å²) in [6.07, 6.45) is 1.08. The number of anilines is 1. The highest BCUT2D eigenvalue weighted by Crippen LogP contribution is 2.14. The SMILES string of the molecule is CCc1ccc(NN)c(C)c1. The molecule has 0 aliphatic rings. The van der Waals surface area contributed by atoms with Crippen LogP contribution in [0.15, 0.2) is 18.2 Å². The fraction of sp³-hybridized carbons (Fsp3) is 0.333. The summed E-state index contributed by atoms with van der Waals surface area (Å²) in [6.45, 7) is 4.19. The Hall–Kier alpha value is -1.02. The van der Waals surface area contributed by atoms with Gasteiger partial charge in [-0.3, -0.25) is 5.84 Å². The van der Waals surface area contributed by atoms with Gasteiger partial charge in [-0.15, -0.1) is 0 Å². The molecule has 1 aromatic carbocycles. The molecule has 11 heavy (non-hydrogen) atoms. The van der Waals surface area contributed by atoms with Crippen LogP contribution < -0.4 is 11.3 Å². The van der Waals surface area contributed by atoms with Gasteiger partial charge in [-0.25, -0.2) is 0 Å².